The Kier molecular flexibility index (Phi) is 13.2. The fourth-order valence-electron chi connectivity index (χ4n) is 3.58. The van der Waals surface area contributed by atoms with Crippen molar-refractivity contribution in [2.75, 3.05) is 55.0 Å². The SMILES string of the molecule is CO[Si](CCCNC(=O)n1nc(SCCC[Si](OC)(OC)OC)nc1Cc1ccccc1)(OC)OC. The van der Waals surface area contributed by atoms with Crippen LogP contribution in [0.3, 0.4) is 0 Å². The summed E-state index contributed by atoms with van der Waals surface area (Å²) in [6.07, 6.45) is 1.93. The van der Waals surface area contributed by atoms with Crippen LogP contribution in [0.2, 0.25) is 12.1 Å². The molecule has 0 radical (unpaired) electrons. The molecular weight excluding hydrogens is 521 g/mol. The third-order valence-corrected chi connectivity index (χ3v) is 12.3. The molecule has 0 bridgehead atoms. The summed E-state index contributed by atoms with van der Waals surface area (Å²) in [7, 11) is 4.23. The highest BCUT2D eigenvalue weighted by atomic mass is 32.2. The lowest BCUT2D eigenvalue weighted by atomic mass is 10.1. The van der Waals surface area contributed by atoms with Gasteiger partial charge in [0.1, 0.15) is 5.82 Å². The maximum atomic E-state index is 13.0. The van der Waals surface area contributed by atoms with E-state index in [-0.39, 0.29) is 6.03 Å². The molecule has 1 amide bonds. The summed E-state index contributed by atoms with van der Waals surface area (Å²) >= 11 is 1.48. The average Bonchev–Trinajstić information content (AvgIpc) is 3.32. The molecule has 0 atom stereocenters. The minimum Gasteiger partial charge on any atom is -0.377 e. The smallest absolute Gasteiger partial charge is 0.377 e. The van der Waals surface area contributed by atoms with Gasteiger partial charge in [0.15, 0.2) is 0 Å². The second-order valence-electron chi connectivity index (χ2n) is 7.76. The summed E-state index contributed by atoms with van der Waals surface area (Å²) in [5.74, 6) is 1.31. The number of nitrogens with zero attached hydrogens (tertiary/aromatic N) is 3. The van der Waals surface area contributed by atoms with E-state index in [0.29, 0.717) is 42.5 Å². The Morgan fingerprint density at radius 1 is 0.889 bits per heavy atom. The number of amides is 1. The van der Waals surface area contributed by atoms with Crippen LogP contribution >= 0.6 is 11.8 Å². The standard InChI is InChI=1S/C22H38N4O7SSi2/c1-28-35(29-2,30-3)16-10-14-23-22(27)26-20(18-19-12-8-7-9-13-19)24-21(25-26)34-15-11-17-36(31-4,32-5)33-6/h7-9,12-13H,10-11,14-18H2,1-6H3,(H,23,27). The molecule has 0 saturated heterocycles. The number of carbonyl (C=O) groups excluding carboxylic acids is 1. The van der Waals surface area contributed by atoms with Gasteiger partial charge in [-0.1, -0.05) is 42.1 Å². The highest BCUT2D eigenvalue weighted by Crippen LogP contribution is 2.21. The van der Waals surface area contributed by atoms with Crippen LogP contribution in [0.15, 0.2) is 35.5 Å². The van der Waals surface area contributed by atoms with Gasteiger partial charge in [-0.05, 0) is 18.4 Å². The summed E-state index contributed by atoms with van der Waals surface area (Å²) in [4.78, 5) is 17.6. The third kappa shape index (κ3) is 8.74. The minimum atomic E-state index is -2.68. The monoisotopic (exact) mass is 558 g/mol. The zero-order chi connectivity index (χ0) is 26.4. The third-order valence-electron chi connectivity index (χ3n) is 5.71. The van der Waals surface area contributed by atoms with E-state index in [1.54, 1.807) is 42.7 Å². The lowest BCUT2D eigenvalue weighted by Crippen LogP contribution is -2.43. The Morgan fingerprint density at radius 2 is 1.44 bits per heavy atom. The molecule has 202 valence electrons. The Hall–Kier alpha value is -1.63. The molecule has 0 unspecified atom stereocenters. The highest BCUT2D eigenvalue weighted by molar-refractivity contribution is 7.99. The fraction of sp³-hybridized carbons (Fsp3) is 0.591. The molecule has 0 saturated carbocycles. The van der Waals surface area contributed by atoms with E-state index in [1.807, 2.05) is 30.3 Å². The zero-order valence-electron chi connectivity index (χ0n) is 21.9. The Bertz CT molecular complexity index is 899. The Morgan fingerprint density at radius 3 is 2.00 bits per heavy atom. The topological polar surface area (TPSA) is 115 Å². The number of aromatic nitrogens is 3. The Balaban J connectivity index is 2.03. The van der Waals surface area contributed by atoms with Crippen molar-refractivity contribution < 1.29 is 31.4 Å². The van der Waals surface area contributed by atoms with Gasteiger partial charge in [-0.25, -0.2) is 9.78 Å². The highest BCUT2D eigenvalue weighted by Gasteiger charge is 2.37. The predicted octanol–water partition coefficient (Wildman–Crippen LogP) is 3.06. The second kappa shape index (κ2) is 15.6. The number of carbonyl (C=O) groups is 1. The number of hydrogen-bond acceptors (Lipinski definition) is 10. The van der Waals surface area contributed by atoms with Gasteiger partial charge in [-0.3, -0.25) is 0 Å². The molecule has 0 spiro atoms. The first-order valence-electron chi connectivity index (χ1n) is 11.6. The number of rotatable bonds is 17. The normalized spacial score (nSPS) is 12.2. The van der Waals surface area contributed by atoms with E-state index in [0.717, 1.165) is 17.7 Å². The first kappa shape index (κ1) is 30.6. The van der Waals surface area contributed by atoms with Crippen LogP contribution in [0.4, 0.5) is 4.79 Å². The molecule has 0 aliphatic rings. The van der Waals surface area contributed by atoms with Gasteiger partial charge in [0.05, 0.1) is 0 Å². The van der Waals surface area contributed by atoms with Crippen molar-refractivity contribution in [1.29, 1.82) is 0 Å². The fourth-order valence-corrected chi connectivity index (χ4v) is 8.06. The van der Waals surface area contributed by atoms with E-state index in [9.17, 15) is 4.79 Å². The number of nitrogens with one attached hydrogen (secondary N) is 1. The van der Waals surface area contributed by atoms with Crippen molar-refractivity contribution in [2.24, 2.45) is 0 Å². The van der Waals surface area contributed by atoms with Crippen LogP contribution in [0.1, 0.15) is 24.2 Å². The lowest BCUT2D eigenvalue weighted by Gasteiger charge is -2.24. The molecule has 0 fully saturated rings. The van der Waals surface area contributed by atoms with Crippen molar-refractivity contribution >= 4 is 35.4 Å². The molecule has 2 rings (SSSR count). The van der Waals surface area contributed by atoms with Crippen molar-refractivity contribution in [2.45, 2.75) is 36.5 Å². The van der Waals surface area contributed by atoms with Crippen LogP contribution in [-0.2, 0) is 33.0 Å². The first-order valence-corrected chi connectivity index (χ1v) is 16.5. The van der Waals surface area contributed by atoms with Gasteiger partial charge in [-0.15, -0.1) is 5.10 Å². The largest absolute Gasteiger partial charge is 0.500 e. The maximum Gasteiger partial charge on any atom is 0.500 e. The van der Waals surface area contributed by atoms with Gasteiger partial charge in [-0.2, -0.15) is 4.68 Å². The summed E-state index contributed by atoms with van der Waals surface area (Å²) < 4.78 is 34.1. The van der Waals surface area contributed by atoms with Crippen LogP contribution in [0, 0.1) is 0 Å². The molecule has 1 aromatic carbocycles. The maximum absolute atomic E-state index is 13.0. The first-order chi connectivity index (χ1) is 17.4. The van der Waals surface area contributed by atoms with E-state index < -0.39 is 17.6 Å². The molecule has 14 heteroatoms. The Labute approximate surface area is 219 Å². The minimum absolute atomic E-state index is 0.329. The van der Waals surface area contributed by atoms with Crippen molar-refractivity contribution in [1.82, 2.24) is 20.1 Å². The molecule has 1 N–H and O–H groups in total. The van der Waals surface area contributed by atoms with Crippen molar-refractivity contribution in [3.05, 3.63) is 41.7 Å². The molecule has 11 nitrogen and oxygen atoms in total. The number of hydrogen-bond donors (Lipinski definition) is 1. The predicted molar refractivity (Wildman–Crippen MR) is 141 cm³/mol. The van der Waals surface area contributed by atoms with Crippen LogP contribution in [0.5, 0.6) is 0 Å². The van der Waals surface area contributed by atoms with Gasteiger partial charge in [0.25, 0.3) is 0 Å². The molecule has 1 heterocycles. The summed E-state index contributed by atoms with van der Waals surface area (Å²) in [6, 6.07) is 10.8. The van der Waals surface area contributed by atoms with E-state index in [1.165, 1.54) is 16.4 Å². The molecule has 1 aromatic heterocycles. The van der Waals surface area contributed by atoms with E-state index in [2.05, 4.69) is 15.4 Å². The average molecular weight is 559 g/mol. The lowest BCUT2D eigenvalue weighted by molar-refractivity contribution is 0.122. The van der Waals surface area contributed by atoms with Gasteiger partial charge in [0, 0.05) is 73.5 Å². The summed E-state index contributed by atoms with van der Waals surface area (Å²) in [6.45, 7) is 0.425. The van der Waals surface area contributed by atoms with Crippen LogP contribution < -0.4 is 5.32 Å². The molecule has 2 aromatic rings. The van der Waals surface area contributed by atoms with Crippen LogP contribution in [-0.4, -0.2) is 93.4 Å². The summed E-state index contributed by atoms with van der Waals surface area (Å²) in [5.41, 5.74) is 1.04. The van der Waals surface area contributed by atoms with E-state index >= 15 is 0 Å². The van der Waals surface area contributed by atoms with Gasteiger partial charge < -0.3 is 31.9 Å². The molecule has 36 heavy (non-hydrogen) atoms. The van der Waals surface area contributed by atoms with Crippen molar-refractivity contribution in [3.63, 3.8) is 0 Å². The summed E-state index contributed by atoms with van der Waals surface area (Å²) in [5, 5.41) is 7.94. The van der Waals surface area contributed by atoms with Crippen molar-refractivity contribution in [3.8, 4) is 0 Å². The molecule has 0 aliphatic carbocycles. The molecule has 0 aliphatic heterocycles. The van der Waals surface area contributed by atoms with Crippen LogP contribution in [0.25, 0.3) is 0 Å². The molecular formula is C22H38N4O7SSi2. The zero-order valence-corrected chi connectivity index (χ0v) is 24.8. The number of benzene rings is 1. The number of thioether (sulfide) groups is 1. The van der Waals surface area contributed by atoms with Gasteiger partial charge >= 0.3 is 23.6 Å². The van der Waals surface area contributed by atoms with Gasteiger partial charge in [0.2, 0.25) is 5.16 Å². The quantitative estimate of drug-likeness (QED) is 0.176. The second-order valence-corrected chi connectivity index (χ2v) is 15.0. The van der Waals surface area contributed by atoms with E-state index in [4.69, 9.17) is 26.6 Å².